The predicted molar refractivity (Wildman–Crippen MR) is 84.0 cm³/mol. The summed E-state index contributed by atoms with van der Waals surface area (Å²) in [5, 5.41) is 21.7. The summed E-state index contributed by atoms with van der Waals surface area (Å²) >= 11 is 0. The molecule has 3 N–H and O–H groups in total. The number of carboxylic acids is 1. The molecule has 5 nitrogen and oxygen atoms in total. The number of carboxylic acid groups (broad SMARTS) is 1. The third kappa shape index (κ3) is 2.77. The highest BCUT2D eigenvalue weighted by atomic mass is 16.4. The van der Waals surface area contributed by atoms with Crippen LogP contribution in [-0.4, -0.2) is 22.1 Å². The van der Waals surface area contributed by atoms with Crippen molar-refractivity contribution >= 4 is 11.9 Å². The number of carbonyl (C=O) groups is 2. The van der Waals surface area contributed by atoms with Crippen molar-refractivity contribution in [2.75, 3.05) is 0 Å². The molecule has 1 atom stereocenters. The fourth-order valence-electron chi connectivity index (χ4n) is 3.10. The molecular weight excluding hydrogens is 294 g/mol. The fourth-order valence-corrected chi connectivity index (χ4v) is 3.10. The zero-order valence-corrected chi connectivity index (χ0v) is 12.5. The number of hydrogen-bond acceptors (Lipinski definition) is 3. The monoisotopic (exact) mass is 311 g/mol. The normalized spacial score (nSPS) is 19.1. The lowest BCUT2D eigenvalue weighted by Gasteiger charge is -2.27. The molecule has 5 heteroatoms. The summed E-state index contributed by atoms with van der Waals surface area (Å²) in [4.78, 5) is 24.2. The van der Waals surface area contributed by atoms with Crippen LogP contribution in [0, 0.1) is 0 Å². The highest BCUT2D eigenvalue weighted by molar-refractivity contribution is 5.90. The molecule has 1 amide bonds. The topological polar surface area (TPSA) is 86.6 Å². The summed E-state index contributed by atoms with van der Waals surface area (Å²) < 4.78 is 0. The number of nitrogens with one attached hydrogen (secondary N) is 1. The molecule has 1 aliphatic carbocycles. The van der Waals surface area contributed by atoms with Crippen molar-refractivity contribution in [2.24, 2.45) is 0 Å². The van der Waals surface area contributed by atoms with Crippen LogP contribution >= 0.6 is 0 Å². The van der Waals surface area contributed by atoms with Gasteiger partial charge in [-0.25, -0.2) is 4.79 Å². The minimum absolute atomic E-state index is 0.0669. The van der Waals surface area contributed by atoms with Crippen molar-refractivity contribution in [1.82, 2.24) is 5.32 Å². The first-order valence-corrected chi connectivity index (χ1v) is 7.42. The molecule has 2 aromatic rings. The van der Waals surface area contributed by atoms with Crippen molar-refractivity contribution < 1.29 is 19.8 Å². The summed E-state index contributed by atoms with van der Waals surface area (Å²) in [6.07, 6.45) is 1.04. The number of aryl methyl sites for hydroxylation is 1. The second-order valence-corrected chi connectivity index (χ2v) is 5.76. The largest absolute Gasteiger partial charge is 0.508 e. The number of carbonyl (C=O) groups excluding carboxylic acids is 1. The Kier molecular flexibility index (Phi) is 3.78. The molecule has 0 saturated carbocycles. The third-order valence-corrected chi connectivity index (χ3v) is 4.27. The summed E-state index contributed by atoms with van der Waals surface area (Å²) in [6, 6.07) is 13.6. The molecule has 1 unspecified atom stereocenters. The molecule has 0 fully saturated rings. The Labute approximate surface area is 133 Å². The fraction of sp³-hybridized carbons (Fsp3) is 0.222. The number of phenolic OH excluding ortho intramolecular Hbond substituents is 1. The van der Waals surface area contributed by atoms with E-state index >= 15 is 0 Å². The lowest BCUT2D eigenvalue weighted by Crippen LogP contribution is -2.50. The van der Waals surface area contributed by atoms with Gasteiger partial charge in [-0.15, -0.1) is 0 Å². The molecule has 0 aliphatic heterocycles. The van der Waals surface area contributed by atoms with E-state index < -0.39 is 11.5 Å². The van der Waals surface area contributed by atoms with Crippen LogP contribution in [0.15, 0.2) is 48.5 Å². The first-order valence-electron chi connectivity index (χ1n) is 7.42. The van der Waals surface area contributed by atoms with Crippen LogP contribution in [0.4, 0.5) is 0 Å². The van der Waals surface area contributed by atoms with E-state index in [1.807, 2.05) is 12.1 Å². The Morgan fingerprint density at radius 3 is 2.48 bits per heavy atom. The molecule has 118 valence electrons. The van der Waals surface area contributed by atoms with Crippen LogP contribution in [-0.2, 0) is 28.0 Å². The Hall–Kier alpha value is -2.82. The van der Waals surface area contributed by atoms with Gasteiger partial charge in [-0.1, -0.05) is 36.4 Å². The van der Waals surface area contributed by atoms with Gasteiger partial charge in [0.15, 0.2) is 5.54 Å². The minimum atomic E-state index is -1.36. The number of benzene rings is 2. The van der Waals surface area contributed by atoms with E-state index in [-0.39, 0.29) is 18.1 Å². The predicted octanol–water partition coefficient (Wildman–Crippen LogP) is 1.98. The van der Waals surface area contributed by atoms with Crippen LogP contribution in [0.3, 0.4) is 0 Å². The van der Waals surface area contributed by atoms with E-state index in [1.165, 1.54) is 12.1 Å². The van der Waals surface area contributed by atoms with E-state index in [4.69, 9.17) is 0 Å². The van der Waals surface area contributed by atoms with Crippen molar-refractivity contribution in [2.45, 2.75) is 24.8 Å². The molecule has 23 heavy (non-hydrogen) atoms. The maximum absolute atomic E-state index is 12.3. The minimum Gasteiger partial charge on any atom is -0.508 e. The number of hydrogen-bond donors (Lipinski definition) is 3. The molecule has 0 bridgehead atoms. The number of amides is 1. The van der Waals surface area contributed by atoms with Crippen LogP contribution < -0.4 is 5.32 Å². The summed E-state index contributed by atoms with van der Waals surface area (Å²) in [5.74, 6) is -1.27. The quantitative estimate of drug-likeness (QED) is 0.806. The van der Waals surface area contributed by atoms with E-state index in [1.54, 1.807) is 24.3 Å². The van der Waals surface area contributed by atoms with Crippen molar-refractivity contribution in [1.29, 1.82) is 0 Å². The molecule has 0 spiro atoms. The van der Waals surface area contributed by atoms with Gasteiger partial charge in [0, 0.05) is 0 Å². The van der Waals surface area contributed by atoms with Crippen LogP contribution in [0.5, 0.6) is 5.75 Å². The highest BCUT2D eigenvalue weighted by Gasteiger charge is 2.46. The number of aliphatic carboxylic acids is 1. The van der Waals surface area contributed by atoms with Crippen LogP contribution in [0.25, 0.3) is 0 Å². The van der Waals surface area contributed by atoms with Gasteiger partial charge in [-0.3, -0.25) is 4.79 Å². The Morgan fingerprint density at radius 2 is 1.78 bits per heavy atom. The second kappa shape index (κ2) is 5.76. The van der Waals surface area contributed by atoms with E-state index in [0.717, 1.165) is 5.56 Å². The van der Waals surface area contributed by atoms with Gasteiger partial charge in [0.25, 0.3) is 0 Å². The molecule has 0 heterocycles. The standard InChI is InChI=1S/C18H17NO4/c20-14-7-5-12(6-8-14)11-16(21)19-18(17(22)23)10-9-13-3-1-2-4-15(13)18/h1-8,20H,9-11H2,(H,19,21)(H,22,23). The van der Waals surface area contributed by atoms with E-state index in [2.05, 4.69) is 5.32 Å². The van der Waals surface area contributed by atoms with Gasteiger partial charge in [0.1, 0.15) is 5.75 Å². The Balaban J connectivity index is 1.83. The molecular formula is C18H17NO4. The summed E-state index contributed by atoms with van der Waals surface area (Å²) in [5.41, 5.74) is 0.975. The number of phenols is 1. The van der Waals surface area contributed by atoms with Crippen molar-refractivity contribution in [3.8, 4) is 5.75 Å². The smallest absolute Gasteiger partial charge is 0.334 e. The van der Waals surface area contributed by atoms with E-state index in [0.29, 0.717) is 24.0 Å². The van der Waals surface area contributed by atoms with Gasteiger partial charge in [0.05, 0.1) is 6.42 Å². The number of fused-ring (bicyclic) bond motifs is 1. The Bertz CT molecular complexity index is 754. The van der Waals surface area contributed by atoms with Gasteiger partial charge >= 0.3 is 5.97 Å². The average Bonchev–Trinajstić information content (AvgIpc) is 2.90. The lowest BCUT2D eigenvalue weighted by molar-refractivity contribution is -0.148. The molecule has 2 aromatic carbocycles. The first-order chi connectivity index (χ1) is 11.0. The average molecular weight is 311 g/mol. The Morgan fingerprint density at radius 1 is 1.09 bits per heavy atom. The molecule has 0 saturated heterocycles. The van der Waals surface area contributed by atoms with Crippen molar-refractivity contribution in [3.63, 3.8) is 0 Å². The molecule has 0 aromatic heterocycles. The van der Waals surface area contributed by atoms with Crippen LogP contribution in [0.1, 0.15) is 23.1 Å². The highest BCUT2D eigenvalue weighted by Crippen LogP contribution is 2.37. The molecule has 3 rings (SSSR count). The maximum Gasteiger partial charge on any atom is 0.334 e. The molecule has 1 aliphatic rings. The second-order valence-electron chi connectivity index (χ2n) is 5.76. The number of rotatable bonds is 4. The summed E-state index contributed by atoms with van der Waals surface area (Å²) in [6.45, 7) is 0. The lowest BCUT2D eigenvalue weighted by atomic mass is 9.91. The van der Waals surface area contributed by atoms with Gasteiger partial charge < -0.3 is 15.5 Å². The zero-order valence-electron chi connectivity index (χ0n) is 12.5. The first kappa shape index (κ1) is 15.1. The van der Waals surface area contributed by atoms with E-state index in [9.17, 15) is 19.8 Å². The van der Waals surface area contributed by atoms with Gasteiger partial charge in [0.2, 0.25) is 5.91 Å². The zero-order chi connectivity index (χ0) is 16.4. The van der Waals surface area contributed by atoms with Gasteiger partial charge in [-0.05, 0) is 41.7 Å². The third-order valence-electron chi connectivity index (χ3n) is 4.27. The molecule has 0 radical (unpaired) electrons. The number of aromatic hydroxyl groups is 1. The van der Waals surface area contributed by atoms with Gasteiger partial charge in [-0.2, -0.15) is 0 Å². The SMILES string of the molecule is O=C(Cc1ccc(O)cc1)NC1(C(=O)O)CCc2ccccc21. The maximum atomic E-state index is 12.3. The van der Waals surface area contributed by atoms with Crippen molar-refractivity contribution in [3.05, 3.63) is 65.2 Å². The van der Waals surface area contributed by atoms with Crippen LogP contribution in [0.2, 0.25) is 0 Å². The summed E-state index contributed by atoms with van der Waals surface area (Å²) in [7, 11) is 0.